The number of piperidine rings is 1. The van der Waals surface area contributed by atoms with Crippen molar-refractivity contribution in [1.82, 2.24) is 29.9 Å². The number of aliphatic imine (C=N–C) groups is 1. The van der Waals surface area contributed by atoms with Crippen LogP contribution in [0.15, 0.2) is 114 Å². The van der Waals surface area contributed by atoms with E-state index in [1.54, 1.807) is 50.8 Å². The summed E-state index contributed by atoms with van der Waals surface area (Å²) in [6.45, 7) is 8.14. The number of nitrogens with one attached hydrogen (secondary N) is 2. The lowest BCUT2D eigenvalue weighted by Gasteiger charge is -2.29. The van der Waals surface area contributed by atoms with Gasteiger partial charge in [-0.25, -0.2) is 0 Å². The van der Waals surface area contributed by atoms with E-state index in [1.807, 2.05) is 102 Å². The predicted octanol–water partition coefficient (Wildman–Crippen LogP) is 9.92. The molecule has 5 aromatic carbocycles. The second-order valence-corrected chi connectivity index (χ2v) is 20.1. The minimum atomic E-state index is -0.676. The van der Waals surface area contributed by atoms with Crippen LogP contribution in [0.4, 0.5) is 5.69 Å². The first-order valence-electron chi connectivity index (χ1n) is 24.5. The van der Waals surface area contributed by atoms with Crippen molar-refractivity contribution in [3.63, 3.8) is 0 Å². The van der Waals surface area contributed by atoms with E-state index in [9.17, 15) is 14.4 Å². The molecule has 0 spiro atoms. The Morgan fingerprint density at radius 1 is 0.811 bits per heavy atom. The Labute approximate surface area is 440 Å². The van der Waals surface area contributed by atoms with Crippen molar-refractivity contribution < 1.29 is 33.3 Å². The minimum absolute atomic E-state index is 0.0526. The van der Waals surface area contributed by atoms with Crippen LogP contribution in [0.3, 0.4) is 0 Å². The van der Waals surface area contributed by atoms with E-state index in [0.29, 0.717) is 50.9 Å². The smallest absolute Gasteiger partial charge is 0.255 e. The maximum absolute atomic E-state index is 13.7. The standard InChI is InChI=1S/C57H59ClN8O7S/c1-34-35(2)74-57-53(34)54(38-11-16-41(58)17-12-38)61-48(55-63-62-36(3)66(55)57)32-51(67)59-33-52(68)65(5)27-28-72-50-31-45(73-43-23-25-64(4)26-24-43)20-21-46(50)37-13-18-42(19-14-37)60-56(69)40-15-22-49(71-7)47(30-40)39-9-8-10-44(29-39)70-6/h8-22,29-31,43,48H,23-28,32-33H2,1-7H3,(H,59,67)(H,60,69)/t48-/m0/s1. The molecule has 0 unspecified atom stereocenters. The largest absolute Gasteiger partial charge is 0.497 e. The molecule has 0 saturated carbocycles. The lowest BCUT2D eigenvalue weighted by atomic mass is 9.99. The summed E-state index contributed by atoms with van der Waals surface area (Å²) in [7, 11) is 7.01. The van der Waals surface area contributed by atoms with Crippen molar-refractivity contribution in [3.05, 3.63) is 153 Å². The highest BCUT2D eigenvalue weighted by Gasteiger charge is 2.33. The summed E-state index contributed by atoms with van der Waals surface area (Å²) in [6.07, 6.45) is 1.86. The summed E-state index contributed by atoms with van der Waals surface area (Å²) in [4.78, 5) is 51.0. The first-order chi connectivity index (χ1) is 35.8. The molecule has 9 rings (SSSR count). The number of likely N-dealkylation sites (N-methyl/N-ethyl adjacent to an activating group) is 1. The van der Waals surface area contributed by atoms with Gasteiger partial charge in [-0.15, -0.1) is 21.5 Å². The van der Waals surface area contributed by atoms with Crippen LogP contribution in [0.1, 0.15) is 68.9 Å². The highest BCUT2D eigenvalue weighted by Crippen LogP contribution is 2.40. The molecule has 1 atom stereocenters. The van der Waals surface area contributed by atoms with Gasteiger partial charge in [-0.2, -0.15) is 0 Å². The van der Waals surface area contributed by atoms with E-state index >= 15 is 0 Å². The number of carbonyl (C=O) groups is 3. The molecule has 382 valence electrons. The molecule has 0 bridgehead atoms. The Kier molecular flexibility index (Phi) is 15.8. The zero-order chi connectivity index (χ0) is 52.0. The van der Waals surface area contributed by atoms with Gasteiger partial charge in [-0.05, 0) is 124 Å². The van der Waals surface area contributed by atoms with Gasteiger partial charge in [0.2, 0.25) is 11.8 Å². The van der Waals surface area contributed by atoms with Gasteiger partial charge in [-0.1, -0.05) is 48.0 Å². The number of amides is 3. The van der Waals surface area contributed by atoms with E-state index < -0.39 is 6.04 Å². The van der Waals surface area contributed by atoms with Crippen LogP contribution in [0.5, 0.6) is 23.0 Å². The van der Waals surface area contributed by atoms with Gasteiger partial charge in [0, 0.05) is 69.6 Å². The number of aromatic nitrogens is 3. The molecular formula is C57H59ClN8O7S. The van der Waals surface area contributed by atoms with Crippen LogP contribution in [0.25, 0.3) is 27.3 Å². The molecule has 0 aliphatic carbocycles. The molecule has 2 aromatic heterocycles. The molecule has 1 saturated heterocycles. The number of ether oxygens (including phenoxy) is 4. The number of benzene rings is 5. The number of rotatable bonds is 17. The number of fused-ring (bicyclic) bond motifs is 3. The number of nitrogens with zero attached hydrogens (tertiary/aromatic N) is 6. The fourth-order valence-corrected chi connectivity index (χ4v) is 10.5. The fraction of sp³-hybridized carbons (Fsp3) is 0.298. The van der Waals surface area contributed by atoms with Gasteiger partial charge < -0.3 is 39.4 Å². The molecule has 7 aromatic rings. The third kappa shape index (κ3) is 11.5. The van der Waals surface area contributed by atoms with Crippen molar-refractivity contribution >= 4 is 52.1 Å². The van der Waals surface area contributed by atoms with E-state index in [-0.39, 0.29) is 49.9 Å². The maximum Gasteiger partial charge on any atom is 0.255 e. The number of halogens is 1. The molecule has 2 aliphatic rings. The number of aryl methyl sites for hydroxylation is 2. The summed E-state index contributed by atoms with van der Waals surface area (Å²) in [5, 5.41) is 16.3. The van der Waals surface area contributed by atoms with Crippen LogP contribution in [-0.4, -0.2) is 115 Å². The molecule has 74 heavy (non-hydrogen) atoms. The van der Waals surface area contributed by atoms with Gasteiger partial charge in [0.05, 0.1) is 39.4 Å². The Hall–Kier alpha value is -7.53. The number of hydrogen-bond acceptors (Lipinski definition) is 12. The molecule has 17 heteroatoms. The number of likely N-dealkylation sites (tertiary alicyclic amines) is 1. The Bertz CT molecular complexity index is 3220. The Morgan fingerprint density at radius 3 is 2.31 bits per heavy atom. The number of methoxy groups -OCH3 is 2. The number of carbonyl (C=O) groups excluding carboxylic acids is 3. The first-order valence-corrected chi connectivity index (χ1v) is 25.7. The van der Waals surface area contributed by atoms with Gasteiger partial charge >= 0.3 is 0 Å². The lowest BCUT2D eigenvalue weighted by Crippen LogP contribution is -2.40. The number of hydrogen-bond donors (Lipinski definition) is 2. The van der Waals surface area contributed by atoms with Crippen molar-refractivity contribution in [1.29, 1.82) is 0 Å². The van der Waals surface area contributed by atoms with Crippen LogP contribution < -0.4 is 29.6 Å². The topological polar surface area (TPSA) is 162 Å². The highest BCUT2D eigenvalue weighted by molar-refractivity contribution is 7.15. The van der Waals surface area contributed by atoms with Crippen molar-refractivity contribution in [2.75, 3.05) is 66.4 Å². The Morgan fingerprint density at radius 2 is 1.57 bits per heavy atom. The van der Waals surface area contributed by atoms with Crippen LogP contribution in [0, 0.1) is 20.8 Å². The van der Waals surface area contributed by atoms with E-state index in [0.717, 1.165) is 80.5 Å². The summed E-state index contributed by atoms with van der Waals surface area (Å²) in [5.74, 6) is 2.92. The molecule has 2 N–H and O–H groups in total. The summed E-state index contributed by atoms with van der Waals surface area (Å²) in [5.41, 5.74) is 8.03. The second kappa shape index (κ2) is 22.7. The SMILES string of the molecule is COc1cccc(-c2cc(C(=O)Nc3ccc(-c4ccc(OC5CCN(C)CC5)cc4OCCN(C)C(=O)CNC(=O)C[C@@H]4N=C(c5ccc(Cl)cc5)c5c(sc(C)c5C)-n5c(C)nnc54)cc3)ccc2OC)c1. The fourth-order valence-electron chi connectivity index (χ4n) is 9.14. The van der Waals surface area contributed by atoms with Crippen LogP contribution in [0.2, 0.25) is 5.02 Å². The second-order valence-electron chi connectivity index (χ2n) is 18.5. The lowest BCUT2D eigenvalue weighted by molar-refractivity contribution is -0.132. The average Bonchev–Trinajstić information content (AvgIpc) is 3.90. The molecule has 3 amide bonds. The van der Waals surface area contributed by atoms with E-state index in [1.165, 1.54) is 4.90 Å². The average molecular weight is 1040 g/mol. The van der Waals surface area contributed by atoms with Crippen molar-refractivity contribution in [3.8, 4) is 50.3 Å². The van der Waals surface area contributed by atoms with Crippen LogP contribution >= 0.6 is 22.9 Å². The minimum Gasteiger partial charge on any atom is -0.497 e. The molecule has 1 fully saturated rings. The summed E-state index contributed by atoms with van der Waals surface area (Å²) in [6, 6.07) is 33.1. The van der Waals surface area contributed by atoms with Gasteiger partial charge in [-0.3, -0.25) is 23.9 Å². The Balaban J connectivity index is 0.856. The third-order valence-corrected chi connectivity index (χ3v) is 14.9. The third-order valence-electron chi connectivity index (χ3n) is 13.5. The van der Waals surface area contributed by atoms with Gasteiger partial charge in [0.1, 0.15) is 52.6 Å². The summed E-state index contributed by atoms with van der Waals surface area (Å²) < 4.78 is 26.0. The first kappa shape index (κ1) is 51.4. The van der Waals surface area contributed by atoms with Gasteiger partial charge in [0.25, 0.3) is 5.91 Å². The predicted molar refractivity (Wildman–Crippen MR) is 290 cm³/mol. The molecule has 0 radical (unpaired) electrons. The number of thiophene rings is 1. The number of anilines is 1. The highest BCUT2D eigenvalue weighted by atomic mass is 35.5. The van der Waals surface area contributed by atoms with Crippen LogP contribution in [-0.2, 0) is 9.59 Å². The van der Waals surface area contributed by atoms with Gasteiger partial charge in [0.15, 0.2) is 5.82 Å². The normalized spacial score (nSPS) is 14.5. The zero-order valence-electron chi connectivity index (χ0n) is 42.5. The van der Waals surface area contributed by atoms with E-state index in [2.05, 4.69) is 46.6 Å². The maximum atomic E-state index is 13.7. The quantitative estimate of drug-likeness (QED) is 0.0898. The molecular weight excluding hydrogens is 976 g/mol. The van der Waals surface area contributed by atoms with E-state index in [4.69, 9.17) is 35.5 Å². The molecule has 2 aliphatic heterocycles. The molecule has 15 nitrogen and oxygen atoms in total. The zero-order valence-corrected chi connectivity index (χ0v) is 44.1. The van der Waals surface area contributed by atoms with Crippen molar-refractivity contribution in [2.24, 2.45) is 4.99 Å². The van der Waals surface area contributed by atoms with Crippen molar-refractivity contribution in [2.45, 2.75) is 52.2 Å². The molecule has 4 heterocycles. The monoisotopic (exact) mass is 1030 g/mol. The summed E-state index contributed by atoms with van der Waals surface area (Å²) >= 11 is 7.92.